The molecule has 0 radical (unpaired) electrons. The summed E-state index contributed by atoms with van der Waals surface area (Å²) in [6.45, 7) is -0.0973. The summed E-state index contributed by atoms with van der Waals surface area (Å²) in [4.78, 5) is 12.0. The molecule has 0 aromatic heterocycles. The Balaban J connectivity index is 1.67. The Hall–Kier alpha value is -3.36. The van der Waals surface area contributed by atoms with E-state index in [-0.39, 0.29) is 12.5 Å². The maximum Gasteiger partial charge on any atom is 0.262 e. The van der Waals surface area contributed by atoms with Crippen molar-refractivity contribution in [3.63, 3.8) is 0 Å². The van der Waals surface area contributed by atoms with Crippen LogP contribution in [-0.2, 0) is 4.79 Å². The Morgan fingerprint density at radius 3 is 2.50 bits per heavy atom. The Morgan fingerprint density at radius 2 is 1.79 bits per heavy atom. The van der Waals surface area contributed by atoms with Crippen LogP contribution < -0.4 is 10.1 Å². The molecule has 1 N–H and O–H groups in total. The molecule has 3 aromatic carbocycles. The number of hydrogen-bond donors (Lipinski definition) is 1. The highest BCUT2D eigenvalue weighted by Gasteiger charge is 2.05. The van der Waals surface area contributed by atoms with E-state index >= 15 is 0 Å². The third-order valence-electron chi connectivity index (χ3n) is 3.87. The van der Waals surface area contributed by atoms with Crippen LogP contribution in [0.1, 0.15) is 11.1 Å². The molecule has 5 heteroatoms. The molecule has 0 saturated heterocycles. The van der Waals surface area contributed by atoms with Crippen LogP contribution in [0, 0.1) is 11.3 Å². The third kappa shape index (κ3) is 5.57. The van der Waals surface area contributed by atoms with Crippen molar-refractivity contribution in [1.82, 2.24) is 0 Å². The van der Waals surface area contributed by atoms with Crippen LogP contribution in [0.25, 0.3) is 11.6 Å². The van der Waals surface area contributed by atoms with Crippen molar-refractivity contribution in [2.45, 2.75) is 0 Å². The largest absolute Gasteiger partial charge is 0.484 e. The molecule has 0 heterocycles. The molecule has 3 aromatic rings. The van der Waals surface area contributed by atoms with Crippen LogP contribution in [0.3, 0.4) is 0 Å². The van der Waals surface area contributed by atoms with Gasteiger partial charge in [-0.2, -0.15) is 5.26 Å². The molecule has 3 rings (SSSR count). The molecule has 0 aliphatic carbocycles. The zero-order valence-electron chi connectivity index (χ0n) is 14.9. The van der Waals surface area contributed by atoms with Crippen molar-refractivity contribution < 1.29 is 9.53 Å². The number of amides is 1. The van der Waals surface area contributed by atoms with Gasteiger partial charge in [-0.3, -0.25) is 4.79 Å². The van der Waals surface area contributed by atoms with Gasteiger partial charge in [-0.15, -0.1) is 0 Å². The molecule has 1 amide bonds. The lowest BCUT2D eigenvalue weighted by Gasteiger charge is -2.08. The SMILES string of the molecule is N#C/C(=C\c1cccc(OCC(=O)Nc2ccccc2)c1)c1ccc(Br)cc1. The number of allylic oxidation sites excluding steroid dienone is 1. The smallest absolute Gasteiger partial charge is 0.262 e. The zero-order chi connectivity index (χ0) is 19.8. The van der Waals surface area contributed by atoms with Gasteiger partial charge in [0.05, 0.1) is 11.6 Å². The normalized spacial score (nSPS) is 10.8. The predicted octanol–water partition coefficient (Wildman–Crippen LogP) is 5.53. The fourth-order valence-corrected chi connectivity index (χ4v) is 2.80. The van der Waals surface area contributed by atoms with Crippen molar-refractivity contribution in [2.24, 2.45) is 0 Å². The van der Waals surface area contributed by atoms with Gasteiger partial charge in [0.25, 0.3) is 5.91 Å². The van der Waals surface area contributed by atoms with Crippen LogP contribution in [0.15, 0.2) is 83.3 Å². The minimum absolute atomic E-state index is 0.0973. The summed E-state index contributed by atoms with van der Waals surface area (Å²) in [6.07, 6.45) is 1.79. The monoisotopic (exact) mass is 432 g/mol. The van der Waals surface area contributed by atoms with Crippen LogP contribution in [0.4, 0.5) is 5.69 Å². The number of ether oxygens (including phenoxy) is 1. The number of hydrogen-bond acceptors (Lipinski definition) is 3. The van der Waals surface area contributed by atoms with E-state index in [1.165, 1.54) is 0 Å². The van der Waals surface area contributed by atoms with Crippen molar-refractivity contribution in [2.75, 3.05) is 11.9 Å². The van der Waals surface area contributed by atoms with Crippen LogP contribution >= 0.6 is 15.9 Å². The first-order chi connectivity index (χ1) is 13.6. The lowest BCUT2D eigenvalue weighted by molar-refractivity contribution is -0.118. The summed E-state index contributed by atoms with van der Waals surface area (Å²) in [5, 5.41) is 12.3. The van der Waals surface area contributed by atoms with E-state index in [4.69, 9.17) is 4.74 Å². The van der Waals surface area contributed by atoms with Crippen molar-refractivity contribution in [3.05, 3.63) is 94.5 Å². The Kier molecular flexibility index (Phi) is 6.61. The van der Waals surface area contributed by atoms with Gasteiger partial charge in [-0.25, -0.2) is 0 Å². The number of rotatable bonds is 6. The van der Waals surface area contributed by atoms with Crippen LogP contribution in [-0.4, -0.2) is 12.5 Å². The van der Waals surface area contributed by atoms with Crippen LogP contribution in [0.5, 0.6) is 5.75 Å². The first-order valence-corrected chi connectivity index (χ1v) is 9.39. The molecular formula is C23H17BrN2O2. The van der Waals surface area contributed by atoms with Gasteiger partial charge in [0.2, 0.25) is 0 Å². The van der Waals surface area contributed by atoms with Gasteiger partial charge in [-0.05, 0) is 53.6 Å². The molecule has 0 atom stereocenters. The number of nitrogens with one attached hydrogen (secondary N) is 1. The highest BCUT2D eigenvalue weighted by Crippen LogP contribution is 2.22. The van der Waals surface area contributed by atoms with E-state index in [9.17, 15) is 10.1 Å². The maximum atomic E-state index is 12.0. The van der Waals surface area contributed by atoms with E-state index in [0.717, 1.165) is 21.3 Å². The molecule has 0 bridgehead atoms. The first-order valence-electron chi connectivity index (χ1n) is 8.59. The van der Waals surface area contributed by atoms with E-state index in [2.05, 4.69) is 27.3 Å². The second kappa shape index (κ2) is 9.54. The third-order valence-corrected chi connectivity index (χ3v) is 4.40. The van der Waals surface area contributed by atoms with Gasteiger partial charge >= 0.3 is 0 Å². The average Bonchev–Trinajstić information content (AvgIpc) is 2.72. The Labute approximate surface area is 172 Å². The summed E-state index contributed by atoms with van der Waals surface area (Å²) >= 11 is 3.39. The second-order valence-corrected chi connectivity index (χ2v) is 6.87. The highest BCUT2D eigenvalue weighted by molar-refractivity contribution is 9.10. The predicted molar refractivity (Wildman–Crippen MR) is 115 cm³/mol. The molecule has 4 nitrogen and oxygen atoms in total. The minimum Gasteiger partial charge on any atom is -0.484 e. The van der Waals surface area contributed by atoms with E-state index in [1.54, 1.807) is 18.2 Å². The standard InChI is InChI=1S/C23H17BrN2O2/c24-20-11-9-18(10-12-20)19(15-25)13-17-5-4-8-22(14-17)28-16-23(27)26-21-6-2-1-3-7-21/h1-14H,16H2,(H,26,27)/b19-13+. The first kappa shape index (κ1) is 19.4. The zero-order valence-corrected chi connectivity index (χ0v) is 16.5. The average molecular weight is 433 g/mol. The Bertz CT molecular complexity index is 1020. The molecule has 138 valence electrons. The summed E-state index contributed by atoms with van der Waals surface area (Å²) in [5.41, 5.74) is 2.92. The van der Waals surface area contributed by atoms with E-state index < -0.39 is 0 Å². The van der Waals surface area contributed by atoms with Crippen molar-refractivity contribution in [1.29, 1.82) is 5.26 Å². The fourth-order valence-electron chi connectivity index (χ4n) is 2.54. The number of benzene rings is 3. The number of anilines is 1. The number of para-hydroxylation sites is 1. The summed E-state index contributed by atoms with van der Waals surface area (Å²) in [7, 11) is 0. The number of carbonyl (C=O) groups excluding carboxylic acids is 1. The minimum atomic E-state index is -0.236. The molecule has 0 fully saturated rings. The van der Waals surface area contributed by atoms with Crippen LogP contribution in [0.2, 0.25) is 0 Å². The Morgan fingerprint density at radius 1 is 1.04 bits per heavy atom. The molecule has 0 aliphatic heterocycles. The summed E-state index contributed by atoms with van der Waals surface area (Å²) < 4.78 is 6.54. The number of nitriles is 1. The van der Waals surface area contributed by atoms with Gasteiger partial charge in [0, 0.05) is 10.2 Å². The maximum absolute atomic E-state index is 12.0. The number of carbonyl (C=O) groups is 1. The quantitative estimate of drug-likeness (QED) is 0.411. The summed E-state index contributed by atoms with van der Waals surface area (Å²) in [5.74, 6) is 0.324. The number of nitrogens with zero attached hydrogens (tertiary/aromatic N) is 1. The van der Waals surface area contributed by atoms with E-state index in [1.807, 2.05) is 66.7 Å². The van der Waals surface area contributed by atoms with Gasteiger partial charge < -0.3 is 10.1 Å². The molecule has 28 heavy (non-hydrogen) atoms. The summed E-state index contributed by atoms with van der Waals surface area (Å²) in [6, 6.07) is 26.3. The van der Waals surface area contributed by atoms with Crippen molar-refractivity contribution in [3.8, 4) is 11.8 Å². The molecule has 0 saturated carbocycles. The molecular weight excluding hydrogens is 416 g/mol. The van der Waals surface area contributed by atoms with Crippen molar-refractivity contribution >= 4 is 39.2 Å². The topological polar surface area (TPSA) is 62.1 Å². The second-order valence-electron chi connectivity index (χ2n) is 5.95. The molecule has 0 unspecified atom stereocenters. The van der Waals surface area contributed by atoms with Gasteiger partial charge in [-0.1, -0.05) is 58.4 Å². The lowest BCUT2D eigenvalue weighted by Crippen LogP contribution is -2.20. The number of halogens is 1. The van der Waals surface area contributed by atoms with Gasteiger partial charge in [0.15, 0.2) is 6.61 Å². The highest BCUT2D eigenvalue weighted by atomic mass is 79.9. The molecule has 0 aliphatic rings. The molecule has 0 spiro atoms. The van der Waals surface area contributed by atoms with E-state index in [0.29, 0.717) is 11.3 Å². The fraction of sp³-hybridized carbons (Fsp3) is 0.0435. The lowest BCUT2D eigenvalue weighted by atomic mass is 10.0. The van der Waals surface area contributed by atoms with Gasteiger partial charge in [0.1, 0.15) is 5.75 Å².